The Morgan fingerprint density at radius 3 is 2.71 bits per heavy atom. The van der Waals surface area contributed by atoms with Crippen LogP contribution in [0.5, 0.6) is 0 Å². The van der Waals surface area contributed by atoms with Gasteiger partial charge in [0.2, 0.25) is 11.7 Å². The molecule has 3 rings (SSSR count). The highest BCUT2D eigenvalue weighted by atomic mass is 16.5. The molecule has 118 valence electrons. The molecule has 1 aromatic heterocycles. The summed E-state index contributed by atoms with van der Waals surface area (Å²) in [5.41, 5.74) is 5.36. The topological polar surface area (TPSA) is 83.4 Å². The maximum atomic E-state index is 6.14. The van der Waals surface area contributed by atoms with Crippen LogP contribution in [-0.4, -0.2) is 36.0 Å². The van der Waals surface area contributed by atoms with Crippen molar-refractivity contribution >= 4 is 0 Å². The summed E-state index contributed by atoms with van der Waals surface area (Å²) < 4.78 is 17.1. The molecular weight excluding hydrogens is 270 g/mol. The van der Waals surface area contributed by atoms with Crippen molar-refractivity contribution in [1.29, 1.82) is 0 Å². The van der Waals surface area contributed by atoms with Crippen LogP contribution < -0.4 is 5.73 Å². The van der Waals surface area contributed by atoms with E-state index in [-0.39, 0.29) is 11.6 Å². The van der Waals surface area contributed by atoms with E-state index in [0.29, 0.717) is 31.5 Å². The molecule has 2 fully saturated rings. The molecule has 0 radical (unpaired) electrons. The van der Waals surface area contributed by atoms with Crippen LogP contribution in [0, 0.1) is 0 Å². The van der Waals surface area contributed by atoms with Crippen molar-refractivity contribution in [2.75, 3.05) is 19.8 Å². The zero-order valence-corrected chi connectivity index (χ0v) is 12.9. The minimum atomic E-state index is -0.396. The Bertz CT molecular complexity index is 479. The third kappa shape index (κ3) is 2.49. The molecule has 1 saturated heterocycles. The second-order valence-electron chi connectivity index (χ2n) is 6.45. The molecule has 0 bridgehead atoms. The van der Waals surface area contributed by atoms with Gasteiger partial charge in [-0.05, 0) is 26.7 Å². The van der Waals surface area contributed by atoms with Gasteiger partial charge in [-0.1, -0.05) is 24.4 Å². The summed E-state index contributed by atoms with van der Waals surface area (Å²) >= 11 is 0. The molecule has 1 aliphatic carbocycles. The number of ether oxygens (including phenoxy) is 2. The van der Waals surface area contributed by atoms with Crippen molar-refractivity contribution < 1.29 is 14.0 Å². The molecular formula is C15H25N3O3. The summed E-state index contributed by atoms with van der Waals surface area (Å²) in [4.78, 5) is 4.67. The molecule has 2 atom stereocenters. The van der Waals surface area contributed by atoms with E-state index >= 15 is 0 Å². The molecule has 6 nitrogen and oxygen atoms in total. The summed E-state index contributed by atoms with van der Waals surface area (Å²) in [5.74, 6) is 1.26. The molecule has 0 spiro atoms. The third-order valence-electron chi connectivity index (χ3n) is 4.92. The molecule has 1 aliphatic heterocycles. The molecule has 2 heterocycles. The van der Waals surface area contributed by atoms with E-state index in [1.807, 2.05) is 13.8 Å². The lowest BCUT2D eigenvalue weighted by Crippen LogP contribution is -2.42. The van der Waals surface area contributed by atoms with E-state index < -0.39 is 5.41 Å². The molecule has 1 saturated carbocycles. The first kappa shape index (κ1) is 14.9. The fourth-order valence-corrected chi connectivity index (χ4v) is 3.38. The lowest BCUT2D eigenvalue weighted by atomic mass is 9.83. The maximum absolute atomic E-state index is 6.14. The highest BCUT2D eigenvalue weighted by Crippen LogP contribution is 2.40. The number of nitrogens with two attached hydrogens (primary N) is 1. The molecule has 6 heteroatoms. The van der Waals surface area contributed by atoms with Gasteiger partial charge < -0.3 is 19.7 Å². The molecule has 2 aliphatic rings. The number of rotatable bonds is 4. The number of hydrogen-bond acceptors (Lipinski definition) is 6. The fourth-order valence-electron chi connectivity index (χ4n) is 3.38. The van der Waals surface area contributed by atoms with Crippen LogP contribution in [0.2, 0.25) is 0 Å². The second-order valence-corrected chi connectivity index (χ2v) is 6.45. The minimum Gasteiger partial charge on any atom is -0.379 e. The summed E-state index contributed by atoms with van der Waals surface area (Å²) in [6.45, 7) is 5.75. The lowest BCUT2D eigenvalue weighted by molar-refractivity contribution is -0.0777. The van der Waals surface area contributed by atoms with Crippen LogP contribution in [-0.2, 0) is 20.5 Å². The van der Waals surface area contributed by atoms with E-state index in [9.17, 15) is 0 Å². The van der Waals surface area contributed by atoms with E-state index in [1.165, 1.54) is 6.42 Å². The van der Waals surface area contributed by atoms with Gasteiger partial charge >= 0.3 is 0 Å². The predicted octanol–water partition coefficient (Wildman–Crippen LogP) is 1.88. The van der Waals surface area contributed by atoms with Crippen molar-refractivity contribution in [2.45, 2.75) is 63.0 Å². The van der Waals surface area contributed by atoms with E-state index in [0.717, 1.165) is 25.7 Å². The van der Waals surface area contributed by atoms with Gasteiger partial charge in [0.05, 0.1) is 18.6 Å². The van der Waals surface area contributed by atoms with Gasteiger partial charge in [-0.2, -0.15) is 4.98 Å². The van der Waals surface area contributed by atoms with Gasteiger partial charge in [0.25, 0.3) is 0 Å². The van der Waals surface area contributed by atoms with Crippen LogP contribution in [0.4, 0.5) is 0 Å². The first-order chi connectivity index (χ1) is 10.1. The zero-order chi connectivity index (χ0) is 14.9. The average molecular weight is 295 g/mol. The van der Waals surface area contributed by atoms with Crippen LogP contribution in [0.25, 0.3) is 0 Å². The van der Waals surface area contributed by atoms with Crippen LogP contribution in [0.1, 0.15) is 57.7 Å². The Morgan fingerprint density at radius 2 is 2.10 bits per heavy atom. The summed E-state index contributed by atoms with van der Waals surface area (Å²) in [6.07, 6.45) is 5.45. The van der Waals surface area contributed by atoms with Crippen LogP contribution >= 0.6 is 0 Å². The Morgan fingerprint density at radius 1 is 1.33 bits per heavy atom. The second kappa shape index (κ2) is 5.66. The molecule has 21 heavy (non-hydrogen) atoms. The third-order valence-corrected chi connectivity index (χ3v) is 4.92. The van der Waals surface area contributed by atoms with Crippen molar-refractivity contribution in [3.63, 3.8) is 0 Å². The lowest BCUT2D eigenvalue weighted by Gasteiger charge is -2.34. The largest absolute Gasteiger partial charge is 0.379 e. The zero-order valence-electron chi connectivity index (χ0n) is 12.9. The molecule has 0 aromatic carbocycles. The maximum Gasteiger partial charge on any atom is 0.236 e. The Kier molecular flexibility index (Phi) is 4.03. The minimum absolute atomic E-state index is 0.111. The number of nitrogens with zero attached hydrogens (tertiary/aromatic N) is 2. The molecule has 1 aromatic rings. The fraction of sp³-hybridized carbons (Fsp3) is 0.867. The Hall–Kier alpha value is -0.980. The van der Waals surface area contributed by atoms with Gasteiger partial charge in [-0.3, -0.25) is 0 Å². The first-order valence-electron chi connectivity index (χ1n) is 7.93. The van der Waals surface area contributed by atoms with Crippen LogP contribution in [0.15, 0.2) is 4.52 Å². The monoisotopic (exact) mass is 295 g/mol. The van der Waals surface area contributed by atoms with E-state index in [1.54, 1.807) is 0 Å². The van der Waals surface area contributed by atoms with E-state index in [4.69, 9.17) is 19.7 Å². The van der Waals surface area contributed by atoms with Crippen molar-refractivity contribution in [3.8, 4) is 0 Å². The highest BCUT2D eigenvalue weighted by Gasteiger charge is 2.46. The normalized spacial score (nSPS) is 32.4. The van der Waals surface area contributed by atoms with Gasteiger partial charge in [0, 0.05) is 12.6 Å². The van der Waals surface area contributed by atoms with Crippen molar-refractivity contribution in [2.24, 2.45) is 5.73 Å². The number of aromatic nitrogens is 2. The SMILES string of the molecule is CCOC1(c2noc(C3(C)COCC3N)n2)CCCCC1. The first-order valence-corrected chi connectivity index (χ1v) is 7.93. The van der Waals surface area contributed by atoms with Gasteiger partial charge in [0.15, 0.2) is 0 Å². The number of hydrogen-bond donors (Lipinski definition) is 1. The van der Waals surface area contributed by atoms with Crippen LogP contribution in [0.3, 0.4) is 0 Å². The molecule has 2 unspecified atom stereocenters. The Labute approximate surface area is 125 Å². The van der Waals surface area contributed by atoms with E-state index in [2.05, 4.69) is 10.1 Å². The van der Waals surface area contributed by atoms with Gasteiger partial charge in [-0.25, -0.2) is 0 Å². The standard InChI is InChI=1S/C15H25N3O3/c1-3-20-15(7-5-4-6-8-15)12-17-13(21-18-12)14(2)10-19-9-11(14)16/h11H,3-10,16H2,1-2H3. The van der Waals surface area contributed by atoms with Gasteiger partial charge in [-0.15, -0.1) is 0 Å². The highest BCUT2D eigenvalue weighted by molar-refractivity contribution is 5.14. The smallest absolute Gasteiger partial charge is 0.236 e. The predicted molar refractivity (Wildman–Crippen MR) is 76.8 cm³/mol. The van der Waals surface area contributed by atoms with Crippen molar-refractivity contribution in [3.05, 3.63) is 11.7 Å². The molecule has 2 N–H and O–H groups in total. The quantitative estimate of drug-likeness (QED) is 0.913. The summed E-state index contributed by atoms with van der Waals surface area (Å²) in [5, 5.41) is 4.23. The molecule has 0 amide bonds. The van der Waals surface area contributed by atoms with Crippen molar-refractivity contribution in [1.82, 2.24) is 10.1 Å². The Balaban J connectivity index is 1.89. The average Bonchev–Trinajstić information content (AvgIpc) is 3.10. The van der Waals surface area contributed by atoms with Gasteiger partial charge in [0.1, 0.15) is 5.60 Å². The summed E-state index contributed by atoms with van der Waals surface area (Å²) in [6, 6.07) is -0.111. The summed E-state index contributed by atoms with van der Waals surface area (Å²) in [7, 11) is 0.